The maximum atomic E-state index is 10.6. The Hall–Kier alpha value is -1.59. The number of nitrogens with one attached hydrogen (secondary N) is 1. The van der Waals surface area contributed by atoms with E-state index in [0.717, 1.165) is 5.69 Å². The van der Waals surface area contributed by atoms with E-state index in [2.05, 4.69) is 10.3 Å². The standard InChI is InChI=1S/C10H7ClN2O2S/c11-6-2-1-3-7(4-6)12-10-13-8(5-16-10)9(14)15/h1-5H,(H,12,13)(H,14,15). The van der Waals surface area contributed by atoms with Gasteiger partial charge in [-0.25, -0.2) is 9.78 Å². The van der Waals surface area contributed by atoms with Crippen LogP contribution >= 0.6 is 22.9 Å². The number of rotatable bonds is 3. The number of aromatic carboxylic acids is 1. The van der Waals surface area contributed by atoms with Gasteiger partial charge in [-0.1, -0.05) is 17.7 Å². The highest BCUT2D eigenvalue weighted by Crippen LogP contribution is 2.22. The summed E-state index contributed by atoms with van der Waals surface area (Å²) >= 11 is 7.05. The monoisotopic (exact) mass is 254 g/mol. The average molecular weight is 255 g/mol. The lowest BCUT2D eigenvalue weighted by molar-refractivity contribution is 0.0691. The summed E-state index contributed by atoms with van der Waals surface area (Å²) in [4.78, 5) is 14.5. The van der Waals surface area contributed by atoms with Gasteiger partial charge in [0.05, 0.1) is 0 Å². The quantitative estimate of drug-likeness (QED) is 0.883. The van der Waals surface area contributed by atoms with Crippen LogP contribution in [0.25, 0.3) is 0 Å². The molecule has 0 aliphatic carbocycles. The number of thiazole rings is 1. The zero-order chi connectivity index (χ0) is 11.5. The van der Waals surface area contributed by atoms with Crippen LogP contribution in [0, 0.1) is 0 Å². The van der Waals surface area contributed by atoms with Crippen LogP contribution in [-0.4, -0.2) is 16.1 Å². The summed E-state index contributed by atoms with van der Waals surface area (Å²) in [6, 6.07) is 7.13. The molecule has 4 nitrogen and oxygen atoms in total. The van der Waals surface area contributed by atoms with E-state index in [9.17, 15) is 4.79 Å². The van der Waals surface area contributed by atoms with Crippen LogP contribution in [-0.2, 0) is 0 Å². The van der Waals surface area contributed by atoms with Gasteiger partial charge in [0, 0.05) is 16.1 Å². The SMILES string of the molecule is O=C(O)c1csc(Nc2cccc(Cl)c2)n1. The highest BCUT2D eigenvalue weighted by atomic mass is 35.5. The molecule has 1 aromatic carbocycles. The number of carbonyl (C=O) groups is 1. The Morgan fingerprint density at radius 3 is 2.94 bits per heavy atom. The number of hydrogen-bond donors (Lipinski definition) is 2. The Bertz CT molecular complexity index is 527. The lowest BCUT2D eigenvalue weighted by atomic mass is 10.3. The third-order valence-corrected chi connectivity index (χ3v) is 2.79. The van der Waals surface area contributed by atoms with E-state index in [4.69, 9.17) is 16.7 Å². The highest BCUT2D eigenvalue weighted by Gasteiger charge is 2.08. The van der Waals surface area contributed by atoms with Crippen molar-refractivity contribution in [2.24, 2.45) is 0 Å². The van der Waals surface area contributed by atoms with Gasteiger partial charge < -0.3 is 10.4 Å². The topological polar surface area (TPSA) is 62.2 Å². The van der Waals surface area contributed by atoms with Crippen molar-refractivity contribution in [3.63, 3.8) is 0 Å². The molecule has 0 radical (unpaired) electrons. The minimum atomic E-state index is -1.03. The summed E-state index contributed by atoms with van der Waals surface area (Å²) in [5.41, 5.74) is 0.813. The molecule has 0 saturated carbocycles. The lowest BCUT2D eigenvalue weighted by Crippen LogP contribution is -1.97. The minimum Gasteiger partial charge on any atom is -0.476 e. The number of carboxylic acids is 1. The molecule has 2 rings (SSSR count). The van der Waals surface area contributed by atoms with Gasteiger partial charge in [0.1, 0.15) is 0 Å². The molecule has 0 atom stereocenters. The van der Waals surface area contributed by atoms with E-state index in [1.165, 1.54) is 16.7 Å². The summed E-state index contributed by atoms with van der Waals surface area (Å²) in [5.74, 6) is -1.03. The van der Waals surface area contributed by atoms with Crippen molar-refractivity contribution in [2.75, 3.05) is 5.32 Å². The molecule has 0 spiro atoms. The third kappa shape index (κ3) is 2.50. The van der Waals surface area contributed by atoms with Gasteiger partial charge in [-0.15, -0.1) is 11.3 Å². The van der Waals surface area contributed by atoms with Gasteiger partial charge in [-0.2, -0.15) is 0 Å². The second kappa shape index (κ2) is 4.51. The molecule has 0 unspecified atom stereocenters. The van der Waals surface area contributed by atoms with Crippen molar-refractivity contribution in [3.05, 3.63) is 40.4 Å². The molecular formula is C10H7ClN2O2S. The maximum Gasteiger partial charge on any atom is 0.355 e. The first-order valence-corrected chi connectivity index (χ1v) is 5.62. The smallest absolute Gasteiger partial charge is 0.355 e. The molecule has 0 saturated heterocycles. The van der Waals surface area contributed by atoms with Gasteiger partial charge in [-0.3, -0.25) is 0 Å². The van der Waals surface area contributed by atoms with Crippen molar-refractivity contribution in [1.29, 1.82) is 0 Å². The van der Waals surface area contributed by atoms with Crippen molar-refractivity contribution in [3.8, 4) is 0 Å². The molecule has 82 valence electrons. The summed E-state index contributed by atoms with van der Waals surface area (Å²) in [6.07, 6.45) is 0. The Labute approximate surface area is 101 Å². The van der Waals surface area contributed by atoms with Crippen LogP contribution in [0.15, 0.2) is 29.6 Å². The Balaban J connectivity index is 2.17. The molecular weight excluding hydrogens is 248 g/mol. The number of aromatic nitrogens is 1. The first kappa shape index (κ1) is 10.9. The van der Waals surface area contributed by atoms with Crippen LogP contribution in [0.4, 0.5) is 10.8 Å². The number of carboxylic acid groups (broad SMARTS) is 1. The number of benzene rings is 1. The molecule has 0 fully saturated rings. The fraction of sp³-hybridized carbons (Fsp3) is 0. The van der Waals surface area contributed by atoms with Gasteiger partial charge in [0.25, 0.3) is 0 Å². The van der Waals surface area contributed by atoms with Gasteiger partial charge in [0.2, 0.25) is 0 Å². The Kier molecular flexibility index (Phi) is 3.07. The fourth-order valence-electron chi connectivity index (χ4n) is 1.12. The van der Waals surface area contributed by atoms with Crippen molar-refractivity contribution in [2.45, 2.75) is 0 Å². The van der Waals surface area contributed by atoms with Crippen LogP contribution in [0.2, 0.25) is 5.02 Å². The fourth-order valence-corrected chi connectivity index (χ4v) is 2.01. The van der Waals surface area contributed by atoms with Crippen molar-refractivity contribution >= 4 is 39.7 Å². The van der Waals surface area contributed by atoms with E-state index in [1.54, 1.807) is 18.2 Å². The Morgan fingerprint density at radius 1 is 1.50 bits per heavy atom. The van der Waals surface area contributed by atoms with Crippen molar-refractivity contribution in [1.82, 2.24) is 4.98 Å². The lowest BCUT2D eigenvalue weighted by Gasteiger charge is -2.01. The van der Waals surface area contributed by atoms with Crippen LogP contribution < -0.4 is 5.32 Å². The van der Waals surface area contributed by atoms with Gasteiger partial charge >= 0.3 is 5.97 Å². The molecule has 0 amide bonds. The molecule has 1 heterocycles. The van der Waals surface area contributed by atoms with Gasteiger partial charge in [0.15, 0.2) is 10.8 Å². The molecule has 0 aliphatic heterocycles. The third-order valence-electron chi connectivity index (χ3n) is 1.80. The summed E-state index contributed by atoms with van der Waals surface area (Å²) in [6.45, 7) is 0. The van der Waals surface area contributed by atoms with E-state index < -0.39 is 5.97 Å². The van der Waals surface area contributed by atoms with Crippen LogP contribution in [0.1, 0.15) is 10.5 Å². The number of nitrogens with zero attached hydrogens (tertiary/aromatic N) is 1. The molecule has 0 aliphatic rings. The predicted molar refractivity (Wildman–Crippen MR) is 63.8 cm³/mol. The van der Waals surface area contributed by atoms with Crippen LogP contribution in [0.3, 0.4) is 0 Å². The minimum absolute atomic E-state index is 0.0366. The van der Waals surface area contributed by atoms with E-state index in [1.807, 2.05) is 6.07 Å². The number of halogens is 1. The zero-order valence-corrected chi connectivity index (χ0v) is 9.55. The summed E-state index contributed by atoms with van der Waals surface area (Å²) in [5, 5.41) is 14.3. The molecule has 0 bridgehead atoms. The largest absolute Gasteiger partial charge is 0.476 e. The summed E-state index contributed by atoms with van der Waals surface area (Å²) < 4.78 is 0. The average Bonchev–Trinajstić information content (AvgIpc) is 2.66. The second-order valence-electron chi connectivity index (χ2n) is 2.98. The molecule has 2 aromatic rings. The predicted octanol–water partition coefficient (Wildman–Crippen LogP) is 3.24. The van der Waals surface area contributed by atoms with Crippen molar-refractivity contribution < 1.29 is 9.90 Å². The molecule has 16 heavy (non-hydrogen) atoms. The van der Waals surface area contributed by atoms with Crippen LogP contribution in [0.5, 0.6) is 0 Å². The van der Waals surface area contributed by atoms with E-state index in [-0.39, 0.29) is 5.69 Å². The molecule has 2 N–H and O–H groups in total. The van der Waals surface area contributed by atoms with E-state index >= 15 is 0 Å². The normalized spacial score (nSPS) is 10.1. The van der Waals surface area contributed by atoms with Gasteiger partial charge in [-0.05, 0) is 18.2 Å². The first-order chi connectivity index (χ1) is 7.65. The maximum absolute atomic E-state index is 10.6. The molecule has 1 aromatic heterocycles. The second-order valence-corrected chi connectivity index (χ2v) is 4.27. The summed E-state index contributed by atoms with van der Waals surface area (Å²) in [7, 11) is 0. The zero-order valence-electron chi connectivity index (χ0n) is 7.98. The number of anilines is 2. The highest BCUT2D eigenvalue weighted by molar-refractivity contribution is 7.14. The Morgan fingerprint density at radius 2 is 2.31 bits per heavy atom. The van der Waals surface area contributed by atoms with E-state index in [0.29, 0.717) is 10.2 Å². The molecule has 6 heteroatoms. The first-order valence-electron chi connectivity index (χ1n) is 4.36. The number of hydrogen-bond acceptors (Lipinski definition) is 4.